The Hall–Kier alpha value is -2.00. The van der Waals surface area contributed by atoms with Gasteiger partial charge in [0.25, 0.3) is 5.69 Å². The molecule has 0 N–H and O–H groups in total. The lowest BCUT2D eigenvalue weighted by Crippen LogP contribution is -2.47. The number of sulfonamides is 1. The molecule has 0 saturated carbocycles. The van der Waals surface area contributed by atoms with Gasteiger partial charge in [-0.15, -0.1) is 0 Å². The van der Waals surface area contributed by atoms with Crippen LogP contribution in [-0.2, 0) is 19.5 Å². The van der Waals surface area contributed by atoms with Crippen molar-refractivity contribution in [2.45, 2.75) is 17.5 Å². The summed E-state index contributed by atoms with van der Waals surface area (Å²) in [6.07, 6.45) is -3.89. The average Bonchev–Trinajstić information content (AvgIpc) is 2.78. The van der Waals surface area contributed by atoms with Crippen LogP contribution in [0.15, 0.2) is 23.1 Å². The van der Waals surface area contributed by atoms with Crippen molar-refractivity contribution in [3.63, 3.8) is 0 Å². The zero-order valence-electron chi connectivity index (χ0n) is 18.0. The molecule has 2 saturated heterocycles. The number of anilines is 1. The minimum Gasteiger partial charge on any atom is -0.379 e. The first-order valence-corrected chi connectivity index (χ1v) is 12.0. The Morgan fingerprint density at radius 3 is 2.36 bits per heavy atom. The molecule has 0 aromatic heterocycles. The molecule has 1 aromatic carbocycles. The van der Waals surface area contributed by atoms with E-state index in [-0.39, 0.29) is 43.5 Å². The molecule has 0 atom stereocenters. The van der Waals surface area contributed by atoms with Gasteiger partial charge in [-0.25, -0.2) is 8.42 Å². The van der Waals surface area contributed by atoms with Crippen LogP contribution in [0.5, 0.6) is 0 Å². The highest BCUT2D eigenvalue weighted by Gasteiger charge is 2.31. The van der Waals surface area contributed by atoms with E-state index >= 15 is 0 Å². The SMILES string of the molecule is O=[N+]([O-])c1cc(S(=O)(=O)N2CCOCC2)ccc1N1CCN(CCCOCC(F)(F)F)CC1. The Morgan fingerprint density at radius 2 is 1.76 bits per heavy atom. The highest BCUT2D eigenvalue weighted by atomic mass is 32.2. The largest absolute Gasteiger partial charge is 0.411 e. The van der Waals surface area contributed by atoms with Crippen molar-refractivity contribution in [2.24, 2.45) is 0 Å². The van der Waals surface area contributed by atoms with Crippen molar-refractivity contribution in [2.75, 3.05) is 77.1 Å². The first kappa shape index (κ1) is 25.6. The van der Waals surface area contributed by atoms with Gasteiger partial charge in [-0.2, -0.15) is 17.5 Å². The Kier molecular flexibility index (Phi) is 8.50. The van der Waals surface area contributed by atoms with E-state index in [0.717, 1.165) is 6.07 Å². The Bertz CT molecular complexity index is 917. The zero-order chi connectivity index (χ0) is 24.1. The van der Waals surface area contributed by atoms with E-state index < -0.39 is 27.7 Å². The number of hydrogen-bond acceptors (Lipinski definition) is 8. The Labute approximate surface area is 190 Å². The number of nitrogens with zero attached hydrogens (tertiary/aromatic N) is 4. The Balaban J connectivity index is 1.59. The van der Waals surface area contributed by atoms with E-state index in [9.17, 15) is 31.7 Å². The van der Waals surface area contributed by atoms with Gasteiger partial charge in [0.1, 0.15) is 12.3 Å². The first-order valence-electron chi connectivity index (χ1n) is 10.6. The van der Waals surface area contributed by atoms with Gasteiger partial charge >= 0.3 is 6.18 Å². The van der Waals surface area contributed by atoms with Crippen molar-refractivity contribution < 1.29 is 36.0 Å². The van der Waals surface area contributed by atoms with Gasteiger partial charge in [0, 0.05) is 58.5 Å². The molecule has 2 aliphatic rings. The zero-order valence-corrected chi connectivity index (χ0v) is 18.8. The third-order valence-corrected chi connectivity index (χ3v) is 7.39. The van der Waals surface area contributed by atoms with Crippen molar-refractivity contribution in [1.82, 2.24) is 9.21 Å². The molecule has 1 aromatic rings. The quantitative estimate of drug-likeness (QED) is 0.289. The normalized spacial score (nSPS) is 19.1. The van der Waals surface area contributed by atoms with Crippen LogP contribution in [0.1, 0.15) is 6.42 Å². The van der Waals surface area contributed by atoms with Crippen LogP contribution < -0.4 is 4.90 Å². The van der Waals surface area contributed by atoms with Crippen LogP contribution >= 0.6 is 0 Å². The molecule has 0 spiro atoms. The topological polar surface area (TPSA) is 105 Å². The van der Waals surface area contributed by atoms with E-state index in [1.54, 1.807) is 0 Å². The summed E-state index contributed by atoms with van der Waals surface area (Å²) in [6, 6.07) is 3.95. The van der Waals surface area contributed by atoms with Crippen LogP contribution in [0, 0.1) is 10.1 Å². The van der Waals surface area contributed by atoms with Crippen LogP contribution in [0.25, 0.3) is 0 Å². The fraction of sp³-hybridized carbons (Fsp3) is 0.684. The van der Waals surface area contributed by atoms with Crippen molar-refractivity contribution in [1.29, 1.82) is 0 Å². The van der Waals surface area contributed by atoms with Crippen LogP contribution in [-0.4, -0.2) is 101 Å². The predicted molar refractivity (Wildman–Crippen MR) is 113 cm³/mol. The molecule has 2 aliphatic heterocycles. The molecule has 0 radical (unpaired) electrons. The molecule has 2 fully saturated rings. The van der Waals surface area contributed by atoms with Gasteiger partial charge < -0.3 is 14.4 Å². The molecular formula is C19H27F3N4O6S. The molecule has 10 nitrogen and oxygen atoms in total. The summed E-state index contributed by atoms with van der Waals surface area (Å²) in [7, 11) is -3.86. The number of halogens is 3. The smallest absolute Gasteiger partial charge is 0.379 e. The number of hydrogen-bond donors (Lipinski definition) is 0. The second kappa shape index (κ2) is 11.0. The summed E-state index contributed by atoms with van der Waals surface area (Å²) < 4.78 is 73.0. The summed E-state index contributed by atoms with van der Waals surface area (Å²) in [4.78, 5) is 14.9. The summed E-state index contributed by atoms with van der Waals surface area (Å²) in [5.74, 6) is 0. The number of morpholine rings is 1. The summed E-state index contributed by atoms with van der Waals surface area (Å²) in [5, 5.41) is 11.7. The maximum absolute atomic E-state index is 12.8. The van der Waals surface area contributed by atoms with Gasteiger partial charge in [0.05, 0.1) is 23.0 Å². The number of piperazine rings is 1. The summed E-state index contributed by atoms with van der Waals surface area (Å²) in [5.41, 5.74) is 0.0624. The lowest BCUT2D eigenvalue weighted by Gasteiger charge is -2.36. The minimum atomic E-state index is -4.34. The molecular weight excluding hydrogens is 469 g/mol. The van der Waals surface area contributed by atoms with Gasteiger partial charge in [0.15, 0.2) is 0 Å². The highest BCUT2D eigenvalue weighted by Crippen LogP contribution is 2.32. The monoisotopic (exact) mass is 496 g/mol. The van der Waals surface area contributed by atoms with Crippen molar-refractivity contribution in [3.8, 4) is 0 Å². The second-order valence-electron chi connectivity index (χ2n) is 7.77. The standard InChI is InChI=1S/C19H27F3N4O6S/c20-19(21,22)15-32-11-1-4-23-5-7-24(8-6-23)17-3-2-16(14-18(17)26(27)28)33(29,30)25-9-12-31-13-10-25/h2-3,14H,1,4-13,15H2. The average molecular weight is 497 g/mol. The van der Waals surface area contributed by atoms with Crippen molar-refractivity contribution in [3.05, 3.63) is 28.3 Å². The molecule has 2 heterocycles. The maximum atomic E-state index is 12.8. The molecule has 33 heavy (non-hydrogen) atoms. The molecule has 0 bridgehead atoms. The van der Waals surface area contributed by atoms with Crippen LogP contribution in [0.3, 0.4) is 0 Å². The molecule has 14 heteroatoms. The fourth-order valence-electron chi connectivity index (χ4n) is 3.80. The summed E-state index contributed by atoms with van der Waals surface area (Å²) >= 11 is 0. The van der Waals surface area contributed by atoms with Gasteiger partial charge in [-0.1, -0.05) is 0 Å². The lowest BCUT2D eigenvalue weighted by molar-refractivity contribution is -0.384. The van der Waals surface area contributed by atoms with E-state index in [0.29, 0.717) is 44.8 Å². The molecule has 3 rings (SSSR count). The number of benzene rings is 1. The first-order chi connectivity index (χ1) is 15.6. The number of nitro groups is 1. The highest BCUT2D eigenvalue weighted by molar-refractivity contribution is 7.89. The molecule has 0 aliphatic carbocycles. The Morgan fingerprint density at radius 1 is 1.09 bits per heavy atom. The number of rotatable bonds is 9. The number of nitro benzene ring substituents is 1. The second-order valence-corrected chi connectivity index (χ2v) is 9.71. The van der Waals surface area contributed by atoms with Crippen LogP contribution in [0.4, 0.5) is 24.5 Å². The number of ether oxygens (including phenoxy) is 2. The van der Waals surface area contributed by atoms with Gasteiger partial charge in [0.2, 0.25) is 10.0 Å². The molecule has 0 amide bonds. The molecule has 186 valence electrons. The van der Waals surface area contributed by atoms with Gasteiger partial charge in [-0.05, 0) is 18.6 Å². The third kappa shape index (κ3) is 6.99. The predicted octanol–water partition coefficient (Wildman–Crippen LogP) is 1.71. The fourth-order valence-corrected chi connectivity index (χ4v) is 5.23. The summed E-state index contributed by atoms with van der Waals surface area (Å²) in [6.45, 7) is 2.34. The van der Waals surface area contributed by atoms with Gasteiger partial charge in [-0.3, -0.25) is 15.0 Å². The van der Waals surface area contributed by atoms with Crippen molar-refractivity contribution >= 4 is 21.4 Å². The third-order valence-electron chi connectivity index (χ3n) is 5.49. The van der Waals surface area contributed by atoms with E-state index in [1.807, 2.05) is 4.90 Å². The maximum Gasteiger partial charge on any atom is 0.411 e. The number of alkyl halides is 3. The molecule has 0 unspecified atom stereocenters. The lowest BCUT2D eigenvalue weighted by atomic mass is 10.2. The van der Waals surface area contributed by atoms with Crippen LogP contribution in [0.2, 0.25) is 0 Å². The van der Waals surface area contributed by atoms with E-state index in [1.165, 1.54) is 16.4 Å². The minimum absolute atomic E-state index is 0.00424. The van der Waals surface area contributed by atoms with E-state index in [4.69, 9.17) is 4.74 Å². The van der Waals surface area contributed by atoms with E-state index in [2.05, 4.69) is 9.64 Å².